The lowest BCUT2D eigenvalue weighted by Crippen LogP contribution is -2.27. The first-order valence-electron chi connectivity index (χ1n) is 10.4. The Balaban J connectivity index is 1.38. The van der Waals surface area contributed by atoms with Crippen LogP contribution in [-0.2, 0) is 11.2 Å². The number of ether oxygens (including phenoxy) is 2. The Morgan fingerprint density at radius 2 is 1.87 bits per heavy atom. The van der Waals surface area contributed by atoms with Gasteiger partial charge in [-0.25, -0.2) is 4.98 Å². The van der Waals surface area contributed by atoms with Crippen LogP contribution in [0.2, 0.25) is 0 Å². The third-order valence-corrected chi connectivity index (χ3v) is 5.57. The highest BCUT2D eigenvalue weighted by Crippen LogP contribution is 2.37. The molecule has 0 saturated carbocycles. The van der Waals surface area contributed by atoms with E-state index in [2.05, 4.69) is 22.4 Å². The van der Waals surface area contributed by atoms with Crippen molar-refractivity contribution in [3.8, 4) is 11.5 Å². The van der Waals surface area contributed by atoms with E-state index < -0.39 is 0 Å². The summed E-state index contributed by atoms with van der Waals surface area (Å²) < 4.78 is 13.1. The number of hydrogen-bond donors (Lipinski definition) is 1. The van der Waals surface area contributed by atoms with E-state index in [1.54, 1.807) is 0 Å². The number of amides is 1. The lowest BCUT2D eigenvalue weighted by atomic mass is 9.92. The maximum absolute atomic E-state index is 12.9. The van der Waals surface area contributed by atoms with Gasteiger partial charge >= 0.3 is 0 Å². The monoisotopic (exact) mass is 413 g/mol. The second-order valence-corrected chi connectivity index (χ2v) is 7.57. The largest absolute Gasteiger partial charge is 0.454 e. The second kappa shape index (κ2) is 8.52. The summed E-state index contributed by atoms with van der Waals surface area (Å²) >= 11 is 0. The molecule has 1 amide bonds. The number of nitrogens with zero attached hydrogens (tertiary/aromatic N) is 2. The van der Waals surface area contributed by atoms with Crippen LogP contribution >= 0.6 is 0 Å². The number of nitrogens with one attached hydrogen (secondary N) is 1. The molecule has 6 nitrogen and oxygen atoms in total. The number of benzene rings is 2. The Morgan fingerprint density at radius 1 is 1.03 bits per heavy atom. The fourth-order valence-corrected chi connectivity index (χ4v) is 3.98. The van der Waals surface area contributed by atoms with E-state index in [0.29, 0.717) is 18.7 Å². The van der Waals surface area contributed by atoms with Crippen molar-refractivity contribution in [2.75, 3.05) is 13.3 Å². The van der Waals surface area contributed by atoms with Gasteiger partial charge in [-0.05, 0) is 41.8 Å². The summed E-state index contributed by atoms with van der Waals surface area (Å²) in [5.41, 5.74) is 4.02. The highest BCUT2D eigenvalue weighted by Gasteiger charge is 2.24. The number of imidazole rings is 1. The van der Waals surface area contributed by atoms with Crippen molar-refractivity contribution < 1.29 is 14.3 Å². The van der Waals surface area contributed by atoms with Crippen LogP contribution in [0.4, 0.5) is 0 Å². The highest BCUT2D eigenvalue weighted by molar-refractivity contribution is 5.77. The van der Waals surface area contributed by atoms with Crippen molar-refractivity contribution in [2.24, 2.45) is 0 Å². The van der Waals surface area contributed by atoms with Gasteiger partial charge in [0.1, 0.15) is 5.65 Å². The van der Waals surface area contributed by atoms with Crippen molar-refractivity contribution >= 4 is 11.6 Å². The molecule has 31 heavy (non-hydrogen) atoms. The van der Waals surface area contributed by atoms with Gasteiger partial charge in [-0.15, -0.1) is 0 Å². The molecule has 156 valence electrons. The molecule has 1 aliphatic rings. The summed E-state index contributed by atoms with van der Waals surface area (Å²) in [5.74, 6) is 1.28. The van der Waals surface area contributed by atoms with Crippen LogP contribution in [0.3, 0.4) is 0 Å². The zero-order chi connectivity index (χ0) is 21.0. The lowest BCUT2D eigenvalue weighted by molar-refractivity contribution is -0.121. The van der Waals surface area contributed by atoms with Gasteiger partial charge < -0.3 is 19.2 Å². The van der Waals surface area contributed by atoms with Gasteiger partial charge in [0.25, 0.3) is 0 Å². The predicted molar refractivity (Wildman–Crippen MR) is 117 cm³/mol. The zero-order valence-electron chi connectivity index (χ0n) is 17.0. The van der Waals surface area contributed by atoms with Crippen molar-refractivity contribution in [1.29, 1.82) is 0 Å². The quantitative estimate of drug-likeness (QED) is 0.498. The molecule has 6 heteroatoms. The van der Waals surface area contributed by atoms with Crippen LogP contribution in [0.25, 0.3) is 5.65 Å². The summed E-state index contributed by atoms with van der Waals surface area (Å²) in [5, 5.41) is 3.07. The standard InChI is InChI=1S/C25H23N3O3/c29-25(26-12-11-18-6-2-1-3-7-18)15-20(19-9-10-22-23(14-19)31-17-30-22)21-16-27-24-8-4-5-13-28(21)24/h1-10,13-14,16,20H,11-12,15,17H2,(H,26,29). The van der Waals surface area contributed by atoms with Gasteiger partial charge in [0.05, 0.1) is 5.69 Å². The topological polar surface area (TPSA) is 64.9 Å². The summed E-state index contributed by atoms with van der Waals surface area (Å²) in [7, 11) is 0. The van der Waals surface area contributed by atoms with E-state index in [4.69, 9.17) is 9.47 Å². The van der Waals surface area contributed by atoms with Gasteiger partial charge in [0.15, 0.2) is 11.5 Å². The number of hydrogen-bond acceptors (Lipinski definition) is 4. The number of fused-ring (bicyclic) bond motifs is 2. The molecule has 1 N–H and O–H groups in total. The zero-order valence-corrected chi connectivity index (χ0v) is 17.0. The van der Waals surface area contributed by atoms with Gasteiger partial charge in [-0.2, -0.15) is 0 Å². The fourth-order valence-electron chi connectivity index (χ4n) is 3.98. The average molecular weight is 413 g/mol. The lowest BCUT2D eigenvalue weighted by Gasteiger charge is -2.18. The predicted octanol–water partition coefficient (Wildman–Crippen LogP) is 3.94. The molecule has 1 aliphatic heterocycles. The SMILES string of the molecule is O=C(CC(c1ccc2c(c1)OCO2)c1cnc2ccccn12)NCCc1ccccc1. The van der Waals surface area contributed by atoms with E-state index in [1.165, 1.54) is 5.56 Å². The molecule has 4 aromatic rings. The van der Waals surface area contributed by atoms with E-state index in [9.17, 15) is 4.79 Å². The van der Waals surface area contributed by atoms with Gasteiger partial charge in [-0.3, -0.25) is 4.79 Å². The summed E-state index contributed by atoms with van der Waals surface area (Å²) in [6.07, 6.45) is 4.95. The Morgan fingerprint density at radius 3 is 2.77 bits per heavy atom. The smallest absolute Gasteiger partial charge is 0.231 e. The Labute approximate surface area is 180 Å². The van der Waals surface area contributed by atoms with E-state index in [-0.39, 0.29) is 18.6 Å². The molecule has 5 rings (SSSR count). The average Bonchev–Trinajstić information content (AvgIpc) is 3.45. The van der Waals surface area contributed by atoms with Crippen molar-refractivity contribution in [3.63, 3.8) is 0 Å². The maximum Gasteiger partial charge on any atom is 0.231 e. The number of aromatic nitrogens is 2. The number of carbonyl (C=O) groups is 1. The van der Waals surface area contributed by atoms with Crippen LogP contribution in [0.1, 0.15) is 29.2 Å². The van der Waals surface area contributed by atoms with Crippen LogP contribution in [0.15, 0.2) is 79.1 Å². The van der Waals surface area contributed by atoms with Crippen LogP contribution in [-0.4, -0.2) is 28.6 Å². The minimum Gasteiger partial charge on any atom is -0.454 e. The third kappa shape index (κ3) is 4.10. The first-order chi connectivity index (χ1) is 15.3. The Hall–Kier alpha value is -3.80. The normalized spacial score (nSPS) is 13.3. The molecular formula is C25H23N3O3. The highest BCUT2D eigenvalue weighted by atomic mass is 16.7. The third-order valence-electron chi connectivity index (χ3n) is 5.57. The van der Waals surface area contributed by atoms with E-state index in [0.717, 1.165) is 29.1 Å². The summed E-state index contributed by atoms with van der Waals surface area (Å²) in [4.78, 5) is 17.4. The Bertz CT molecular complexity index is 1200. The van der Waals surface area contributed by atoms with Crippen molar-refractivity contribution in [2.45, 2.75) is 18.8 Å². The van der Waals surface area contributed by atoms with Gasteiger partial charge in [0, 0.05) is 31.3 Å². The number of carbonyl (C=O) groups excluding carboxylic acids is 1. The van der Waals surface area contributed by atoms with E-state index in [1.807, 2.05) is 71.4 Å². The van der Waals surface area contributed by atoms with Crippen LogP contribution in [0.5, 0.6) is 11.5 Å². The molecule has 1 unspecified atom stereocenters. The summed E-state index contributed by atoms with van der Waals surface area (Å²) in [6, 6.07) is 21.9. The number of rotatable bonds is 7. The number of pyridine rings is 1. The van der Waals surface area contributed by atoms with Crippen LogP contribution < -0.4 is 14.8 Å². The molecule has 2 aromatic carbocycles. The second-order valence-electron chi connectivity index (χ2n) is 7.57. The van der Waals surface area contributed by atoms with Crippen molar-refractivity contribution in [1.82, 2.24) is 14.7 Å². The van der Waals surface area contributed by atoms with Gasteiger partial charge in [-0.1, -0.05) is 42.5 Å². The first kappa shape index (κ1) is 19.2. The molecule has 0 bridgehead atoms. The Kier molecular flexibility index (Phi) is 5.27. The molecule has 0 spiro atoms. The molecule has 0 saturated heterocycles. The maximum atomic E-state index is 12.9. The molecule has 0 aliphatic carbocycles. The molecule has 2 aromatic heterocycles. The molecule has 3 heterocycles. The van der Waals surface area contributed by atoms with Crippen LogP contribution in [0, 0.1) is 0 Å². The molecule has 0 radical (unpaired) electrons. The molecule has 1 atom stereocenters. The summed E-state index contributed by atoms with van der Waals surface area (Å²) in [6.45, 7) is 0.822. The molecular weight excluding hydrogens is 390 g/mol. The van der Waals surface area contributed by atoms with E-state index >= 15 is 0 Å². The fraction of sp³-hybridized carbons (Fsp3) is 0.200. The molecule has 0 fully saturated rings. The minimum absolute atomic E-state index is 0.00415. The van der Waals surface area contributed by atoms with Crippen molar-refractivity contribution in [3.05, 3.63) is 95.9 Å². The minimum atomic E-state index is -0.163. The first-order valence-corrected chi connectivity index (χ1v) is 10.4. The van der Waals surface area contributed by atoms with Gasteiger partial charge in [0.2, 0.25) is 12.7 Å².